The Hall–Kier alpha value is -1.37. The number of nitrogen functional groups attached to an aromatic ring is 1. The van der Waals surface area contributed by atoms with Gasteiger partial charge in [0.15, 0.2) is 0 Å². The number of hydrogen-bond donors (Lipinski definition) is 3. The smallest absolute Gasteiger partial charge is 0.239 e. The number of hydrazine groups is 1. The molecule has 0 radical (unpaired) electrons. The molecule has 0 fully saturated rings. The maximum Gasteiger partial charge on any atom is 0.239 e. The first-order chi connectivity index (χ1) is 8.60. The van der Waals surface area contributed by atoms with Gasteiger partial charge < -0.3 is 5.32 Å². The Bertz CT molecular complexity index is 575. The highest BCUT2D eigenvalue weighted by molar-refractivity contribution is 9.10. The molecule has 7 heteroatoms. The van der Waals surface area contributed by atoms with Gasteiger partial charge in [0.25, 0.3) is 0 Å². The minimum absolute atomic E-state index is 0.342. The fourth-order valence-corrected chi connectivity index (χ4v) is 2.10. The summed E-state index contributed by atoms with van der Waals surface area (Å²) >= 11 is 9.55. The fraction of sp³-hybridized carbons (Fsp3) is 0.0909. The molecule has 2 aromatic rings. The van der Waals surface area contributed by atoms with Crippen molar-refractivity contribution >= 4 is 45.0 Å². The molecule has 1 aromatic heterocycles. The predicted octanol–water partition coefficient (Wildman–Crippen LogP) is 3.23. The van der Waals surface area contributed by atoms with Crippen molar-refractivity contribution in [2.24, 2.45) is 5.84 Å². The van der Waals surface area contributed by atoms with Crippen molar-refractivity contribution in [1.82, 2.24) is 9.97 Å². The van der Waals surface area contributed by atoms with Crippen molar-refractivity contribution in [1.29, 1.82) is 0 Å². The Kier molecular flexibility index (Phi) is 4.00. The van der Waals surface area contributed by atoms with Crippen LogP contribution in [-0.2, 0) is 0 Å². The van der Waals surface area contributed by atoms with Gasteiger partial charge >= 0.3 is 0 Å². The summed E-state index contributed by atoms with van der Waals surface area (Å²) in [6.45, 7) is 1.94. The van der Waals surface area contributed by atoms with Crippen LogP contribution in [0.4, 0.5) is 17.5 Å². The second-order valence-electron chi connectivity index (χ2n) is 3.62. The summed E-state index contributed by atoms with van der Waals surface area (Å²) in [5, 5.41) is 3.82. The molecule has 1 heterocycles. The lowest BCUT2D eigenvalue weighted by molar-refractivity contribution is 1.12. The highest BCUT2D eigenvalue weighted by atomic mass is 79.9. The molecular formula is C11H11BrClN5. The number of aryl methyl sites for hydroxylation is 1. The summed E-state index contributed by atoms with van der Waals surface area (Å²) in [5.74, 6) is 6.22. The molecule has 4 N–H and O–H groups in total. The quantitative estimate of drug-likeness (QED) is 0.596. The minimum Gasteiger partial charge on any atom is -0.339 e. The van der Waals surface area contributed by atoms with E-state index in [1.54, 1.807) is 12.3 Å². The van der Waals surface area contributed by atoms with Crippen LogP contribution in [0.2, 0.25) is 5.02 Å². The summed E-state index contributed by atoms with van der Waals surface area (Å²) in [6, 6.07) is 5.51. The third kappa shape index (κ3) is 2.90. The summed E-state index contributed by atoms with van der Waals surface area (Å²) in [7, 11) is 0. The van der Waals surface area contributed by atoms with Crippen molar-refractivity contribution in [2.75, 3.05) is 10.7 Å². The van der Waals surface area contributed by atoms with Crippen LogP contribution in [0.15, 0.2) is 28.9 Å². The van der Waals surface area contributed by atoms with Crippen LogP contribution in [0.1, 0.15) is 5.56 Å². The minimum atomic E-state index is 0.342. The fourth-order valence-electron chi connectivity index (χ4n) is 1.38. The van der Waals surface area contributed by atoms with E-state index in [0.29, 0.717) is 16.8 Å². The number of hydrogen-bond acceptors (Lipinski definition) is 5. The Labute approximate surface area is 118 Å². The first-order valence-corrected chi connectivity index (χ1v) is 6.29. The standard InChI is InChI=1S/C11H11BrClN5/c1-6-4-7(12)9(5-8(6)13)16-10-2-3-15-11(17-10)18-14/h2-5H,14H2,1H3,(H2,15,16,17,18). The first kappa shape index (κ1) is 13.1. The number of nitrogens with zero attached hydrogens (tertiary/aromatic N) is 2. The lowest BCUT2D eigenvalue weighted by atomic mass is 10.2. The predicted molar refractivity (Wildman–Crippen MR) is 77.0 cm³/mol. The van der Waals surface area contributed by atoms with Gasteiger partial charge in [0.05, 0.1) is 5.69 Å². The number of halogens is 2. The Morgan fingerprint density at radius 1 is 1.39 bits per heavy atom. The number of rotatable bonds is 3. The topological polar surface area (TPSA) is 75.9 Å². The van der Waals surface area contributed by atoms with E-state index in [1.165, 1.54) is 0 Å². The van der Waals surface area contributed by atoms with Gasteiger partial charge in [0.1, 0.15) is 5.82 Å². The highest BCUT2D eigenvalue weighted by Crippen LogP contribution is 2.30. The third-order valence-corrected chi connectivity index (χ3v) is 3.36. The van der Waals surface area contributed by atoms with Crippen molar-refractivity contribution in [3.63, 3.8) is 0 Å². The van der Waals surface area contributed by atoms with E-state index in [-0.39, 0.29) is 0 Å². The molecule has 0 aliphatic carbocycles. The largest absolute Gasteiger partial charge is 0.339 e. The SMILES string of the molecule is Cc1cc(Br)c(Nc2ccnc(NN)n2)cc1Cl. The van der Waals surface area contributed by atoms with Gasteiger partial charge in [0.2, 0.25) is 5.95 Å². The van der Waals surface area contributed by atoms with E-state index >= 15 is 0 Å². The molecule has 0 saturated heterocycles. The molecule has 0 unspecified atom stereocenters. The monoisotopic (exact) mass is 327 g/mol. The average molecular weight is 329 g/mol. The molecule has 5 nitrogen and oxygen atoms in total. The molecule has 2 rings (SSSR count). The van der Waals surface area contributed by atoms with Crippen LogP contribution < -0.4 is 16.6 Å². The van der Waals surface area contributed by atoms with Gasteiger partial charge in [-0.1, -0.05) is 11.6 Å². The van der Waals surface area contributed by atoms with Gasteiger partial charge in [-0.3, -0.25) is 5.43 Å². The van der Waals surface area contributed by atoms with Gasteiger partial charge in [-0.05, 0) is 46.6 Å². The summed E-state index contributed by atoms with van der Waals surface area (Å²) in [5.41, 5.74) is 4.22. The van der Waals surface area contributed by atoms with Crippen LogP contribution >= 0.6 is 27.5 Å². The first-order valence-electron chi connectivity index (χ1n) is 5.12. The Morgan fingerprint density at radius 3 is 2.89 bits per heavy atom. The molecule has 0 aliphatic heterocycles. The van der Waals surface area contributed by atoms with E-state index in [0.717, 1.165) is 15.7 Å². The van der Waals surface area contributed by atoms with E-state index in [4.69, 9.17) is 17.4 Å². The molecule has 0 aliphatic rings. The zero-order valence-corrected chi connectivity index (χ0v) is 11.9. The molecule has 0 spiro atoms. The average Bonchev–Trinajstić information content (AvgIpc) is 2.36. The zero-order valence-electron chi connectivity index (χ0n) is 9.54. The number of anilines is 3. The molecule has 0 saturated carbocycles. The van der Waals surface area contributed by atoms with E-state index in [9.17, 15) is 0 Å². The van der Waals surface area contributed by atoms with Crippen molar-refractivity contribution in [2.45, 2.75) is 6.92 Å². The van der Waals surface area contributed by atoms with Gasteiger partial charge in [-0.2, -0.15) is 4.98 Å². The highest BCUT2D eigenvalue weighted by Gasteiger charge is 2.06. The lowest BCUT2D eigenvalue weighted by Gasteiger charge is -2.10. The molecule has 0 atom stereocenters. The van der Waals surface area contributed by atoms with Gasteiger partial charge in [0, 0.05) is 15.7 Å². The maximum absolute atomic E-state index is 6.08. The number of aromatic nitrogens is 2. The Morgan fingerprint density at radius 2 is 2.17 bits per heavy atom. The summed E-state index contributed by atoms with van der Waals surface area (Å²) in [4.78, 5) is 8.09. The van der Waals surface area contributed by atoms with Crippen molar-refractivity contribution in [3.05, 3.63) is 39.5 Å². The molecule has 0 amide bonds. The summed E-state index contributed by atoms with van der Waals surface area (Å²) in [6.07, 6.45) is 1.61. The second kappa shape index (κ2) is 5.51. The third-order valence-electron chi connectivity index (χ3n) is 2.30. The van der Waals surface area contributed by atoms with Crippen LogP contribution in [0.25, 0.3) is 0 Å². The molecular weight excluding hydrogens is 318 g/mol. The Balaban J connectivity index is 2.30. The molecule has 94 valence electrons. The molecule has 1 aromatic carbocycles. The summed E-state index contributed by atoms with van der Waals surface area (Å²) < 4.78 is 0.908. The number of benzene rings is 1. The van der Waals surface area contributed by atoms with Crippen molar-refractivity contribution in [3.8, 4) is 0 Å². The van der Waals surface area contributed by atoms with Crippen molar-refractivity contribution < 1.29 is 0 Å². The number of nitrogens with one attached hydrogen (secondary N) is 2. The van der Waals surface area contributed by atoms with Gasteiger partial charge in [-0.15, -0.1) is 0 Å². The second-order valence-corrected chi connectivity index (χ2v) is 4.88. The molecule has 18 heavy (non-hydrogen) atoms. The van der Waals surface area contributed by atoms with E-state index in [1.807, 2.05) is 19.1 Å². The van der Waals surface area contributed by atoms with Crippen LogP contribution in [-0.4, -0.2) is 9.97 Å². The normalized spacial score (nSPS) is 10.2. The molecule has 0 bridgehead atoms. The van der Waals surface area contributed by atoms with Crippen LogP contribution in [0.5, 0.6) is 0 Å². The lowest BCUT2D eigenvalue weighted by Crippen LogP contribution is -2.10. The maximum atomic E-state index is 6.08. The van der Waals surface area contributed by atoms with Crippen LogP contribution in [0.3, 0.4) is 0 Å². The zero-order chi connectivity index (χ0) is 13.1. The van der Waals surface area contributed by atoms with E-state index in [2.05, 4.69) is 36.6 Å². The van der Waals surface area contributed by atoms with Gasteiger partial charge in [-0.25, -0.2) is 10.8 Å². The van der Waals surface area contributed by atoms with Crippen LogP contribution in [0, 0.1) is 6.92 Å². The van der Waals surface area contributed by atoms with E-state index < -0.39 is 0 Å². The number of nitrogens with two attached hydrogens (primary N) is 1.